The summed E-state index contributed by atoms with van der Waals surface area (Å²) in [6, 6.07) is 0. The van der Waals surface area contributed by atoms with Crippen LogP contribution in [0.15, 0.2) is 6.20 Å². The molecule has 2 rings (SSSR count). The number of carbonyl (C=O) groups excluding carboxylic acids is 1. The molecule has 1 N–H and O–H groups in total. The van der Waals surface area contributed by atoms with Gasteiger partial charge in [-0.1, -0.05) is 0 Å². The molecule has 0 radical (unpaired) electrons. The number of ether oxygens (including phenoxy) is 1. The van der Waals surface area contributed by atoms with Gasteiger partial charge in [0.1, 0.15) is 5.82 Å². The van der Waals surface area contributed by atoms with Crippen molar-refractivity contribution in [1.82, 2.24) is 9.55 Å². The SMILES string of the molecule is COC(=O)C(O)Cc1cn2c(n1)CCCC2. The molecular weight excluding hydrogens is 208 g/mol. The fraction of sp³-hybridized carbons (Fsp3) is 0.636. The Bertz CT molecular complexity index is 363. The quantitative estimate of drug-likeness (QED) is 0.750. The van der Waals surface area contributed by atoms with E-state index in [1.54, 1.807) is 0 Å². The summed E-state index contributed by atoms with van der Waals surface area (Å²) in [5.41, 5.74) is 0.759. The third kappa shape index (κ3) is 2.24. The number of fused-ring (bicyclic) bond motifs is 1. The molecule has 0 aromatic carbocycles. The molecule has 1 aromatic rings. The van der Waals surface area contributed by atoms with E-state index in [1.807, 2.05) is 6.20 Å². The minimum atomic E-state index is -1.11. The normalized spacial score (nSPS) is 16.6. The van der Waals surface area contributed by atoms with Crippen LogP contribution in [-0.2, 0) is 28.9 Å². The van der Waals surface area contributed by atoms with E-state index in [2.05, 4.69) is 14.3 Å². The highest BCUT2D eigenvalue weighted by Gasteiger charge is 2.19. The molecule has 1 unspecified atom stereocenters. The maximum atomic E-state index is 11.1. The fourth-order valence-electron chi connectivity index (χ4n) is 1.99. The van der Waals surface area contributed by atoms with Gasteiger partial charge >= 0.3 is 5.97 Å². The average molecular weight is 224 g/mol. The maximum absolute atomic E-state index is 11.1. The Kier molecular flexibility index (Phi) is 3.24. The van der Waals surface area contributed by atoms with E-state index in [-0.39, 0.29) is 6.42 Å². The average Bonchev–Trinajstić information content (AvgIpc) is 2.69. The summed E-state index contributed by atoms with van der Waals surface area (Å²) in [5.74, 6) is 0.448. The lowest BCUT2D eigenvalue weighted by Gasteiger charge is -2.11. The van der Waals surface area contributed by atoms with E-state index in [0.29, 0.717) is 0 Å². The standard InChI is InChI=1S/C11H16N2O3/c1-16-11(15)9(14)6-8-7-13-5-3-2-4-10(13)12-8/h7,9,14H,2-6H2,1H3. The molecule has 1 aromatic heterocycles. The van der Waals surface area contributed by atoms with Crippen LogP contribution >= 0.6 is 0 Å². The van der Waals surface area contributed by atoms with Crippen LogP contribution in [0.3, 0.4) is 0 Å². The molecular formula is C11H16N2O3. The number of methoxy groups -OCH3 is 1. The van der Waals surface area contributed by atoms with Crippen molar-refractivity contribution in [3.05, 3.63) is 17.7 Å². The molecule has 0 saturated carbocycles. The van der Waals surface area contributed by atoms with Gasteiger partial charge in [-0.2, -0.15) is 0 Å². The number of aliphatic hydroxyl groups excluding tert-OH is 1. The zero-order valence-electron chi connectivity index (χ0n) is 9.35. The zero-order valence-corrected chi connectivity index (χ0v) is 9.35. The van der Waals surface area contributed by atoms with Crippen LogP contribution < -0.4 is 0 Å². The zero-order chi connectivity index (χ0) is 11.5. The van der Waals surface area contributed by atoms with Crippen molar-refractivity contribution in [2.75, 3.05) is 7.11 Å². The summed E-state index contributed by atoms with van der Waals surface area (Å²) in [5, 5.41) is 9.51. The Morgan fingerprint density at radius 3 is 3.19 bits per heavy atom. The molecule has 0 aliphatic carbocycles. The Morgan fingerprint density at radius 2 is 2.50 bits per heavy atom. The van der Waals surface area contributed by atoms with Crippen LogP contribution in [0.1, 0.15) is 24.4 Å². The van der Waals surface area contributed by atoms with Gasteiger partial charge in [0.05, 0.1) is 12.8 Å². The number of hydrogen-bond acceptors (Lipinski definition) is 4. The largest absolute Gasteiger partial charge is 0.467 e. The highest BCUT2D eigenvalue weighted by Crippen LogP contribution is 2.15. The molecule has 16 heavy (non-hydrogen) atoms. The summed E-state index contributed by atoms with van der Waals surface area (Å²) >= 11 is 0. The maximum Gasteiger partial charge on any atom is 0.335 e. The van der Waals surface area contributed by atoms with Crippen LogP contribution in [0, 0.1) is 0 Å². The number of esters is 1. The molecule has 0 amide bonds. The van der Waals surface area contributed by atoms with Gasteiger partial charge < -0.3 is 14.4 Å². The Balaban J connectivity index is 2.04. The third-order valence-corrected chi connectivity index (χ3v) is 2.83. The molecule has 1 aliphatic heterocycles. The summed E-state index contributed by atoms with van der Waals surface area (Å²) in [6.07, 6.45) is 4.35. The predicted molar refractivity (Wildman–Crippen MR) is 56.9 cm³/mol. The van der Waals surface area contributed by atoms with E-state index >= 15 is 0 Å². The van der Waals surface area contributed by atoms with E-state index in [9.17, 15) is 9.90 Å². The van der Waals surface area contributed by atoms with Crippen molar-refractivity contribution in [3.63, 3.8) is 0 Å². The molecule has 5 nitrogen and oxygen atoms in total. The van der Waals surface area contributed by atoms with Crippen molar-refractivity contribution in [2.45, 2.75) is 38.3 Å². The highest BCUT2D eigenvalue weighted by molar-refractivity contribution is 5.74. The van der Waals surface area contributed by atoms with Gasteiger partial charge in [0.25, 0.3) is 0 Å². The molecule has 1 atom stereocenters. The van der Waals surface area contributed by atoms with Crippen LogP contribution in [0.5, 0.6) is 0 Å². The number of aliphatic hydroxyl groups is 1. The summed E-state index contributed by atoms with van der Waals surface area (Å²) in [4.78, 5) is 15.5. The number of aryl methyl sites for hydroxylation is 2. The lowest BCUT2D eigenvalue weighted by Crippen LogP contribution is -2.24. The number of carbonyl (C=O) groups is 1. The highest BCUT2D eigenvalue weighted by atomic mass is 16.5. The number of aromatic nitrogens is 2. The third-order valence-electron chi connectivity index (χ3n) is 2.83. The van der Waals surface area contributed by atoms with Crippen molar-refractivity contribution in [1.29, 1.82) is 0 Å². The van der Waals surface area contributed by atoms with Gasteiger partial charge in [0.2, 0.25) is 0 Å². The minimum Gasteiger partial charge on any atom is -0.467 e. The van der Waals surface area contributed by atoms with Crippen molar-refractivity contribution < 1.29 is 14.6 Å². The van der Waals surface area contributed by atoms with Gasteiger partial charge in [-0.15, -0.1) is 0 Å². The van der Waals surface area contributed by atoms with Gasteiger partial charge in [-0.3, -0.25) is 0 Å². The fourth-order valence-corrected chi connectivity index (χ4v) is 1.99. The first kappa shape index (κ1) is 11.1. The molecule has 5 heteroatoms. The van der Waals surface area contributed by atoms with Crippen molar-refractivity contribution >= 4 is 5.97 Å². The number of nitrogens with zero attached hydrogens (tertiary/aromatic N) is 2. The van der Waals surface area contributed by atoms with E-state index in [0.717, 1.165) is 30.9 Å². The summed E-state index contributed by atoms with van der Waals surface area (Å²) < 4.78 is 6.56. The molecule has 0 bridgehead atoms. The number of hydrogen-bond donors (Lipinski definition) is 1. The van der Waals surface area contributed by atoms with Crippen molar-refractivity contribution in [2.24, 2.45) is 0 Å². The Hall–Kier alpha value is -1.36. The van der Waals surface area contributed by atoms with Gasteiger partial charge in [-0.05, 0) is 12.8 Å². The van der Waals surface area contributed by atoms with Crippen LogP contribution in [0.4, 0.5) is 0 Å². The first-order valence-corrected chi connectivity index (χ1v) is 5.51. The van der Waals surface area contributed by atoms with Gasteiger partial charge in [0, 0.05) is 25.6 Å². The van der Waals surface area contributed by atoms with E-state index < -0.39 is 12.1 Å². The van der Waals surface area contributed by atoms with Gasteiger partial charge in [0.15, 0.2) is 6.10 Å². The molecule has 1 aliphatic rings. The Morgan fingerprint density at radius 1 is 1.69 bits per heavy atom. The molecule has 0 spiro atoms. The summed E-state index contributed by atoms with van der Waals surface area (Å²) in [7, 11) is 1.27. The van der Waals surface area contributed by atoms with Crippen LogP contribution in [-0.4, -0.2) is 33.8 Å². The van der Waals surface area contributed by atoms with Crippen LogP contribution in [0.2, 0.25) is 0 Å². The lowest BCUT2D eigenvalue weighted by atomic mass is 10.2. The second-order valence-electron chi connectivity index (χ2n) is 4.04. The molecule has 0 fully saturated rings. The number of imidazole rings is 1. The Labute approximate surface area is 94.1 Å². The van der Waals surface area contributed by atoms with Crippen LogP contribution in [0.25, 0.3) is 0 Å². The number of rotatable bonds is 3. The molecule has 88 valence electrons. The van der Waals surface area contributed by atoms with E-state index in [1.165, 1.54) is 13.5 Å². The van der Waals surface area contributed by atoms with Crippen molar-refractivity contribution in [3.8, 4) is 0 Å². The van der Waals surface area contributed by atoms with Gasteiger partial charge in [-0.25, -0.2) is 9.78 Å². The second-order valence-corrected chi connectivity index (χ2v) is 4.04. The molecule has 2 heterocycles. The first-order chi connectivity index (χ1) is 7.70. The summed E-state index contributed by atoms with van der Waals surface area (Å²) in [6.45, 7) is 0.983. The van der Waals surface area contributed by atoms with E-state index in [4.69, 9.17) is 0 Å². The topological polar surface area (TPSA) is 64.3 Å². The predicted octanol–water partition coefficient (Wildman–Crippen LogP) is 0.296. The monoisotopic (exact) mass is 224 g/mol. The lowest BCUT2D eigenvalue weighted by molar-refractivity contribution is -0.150. The minimum absolute atomic E-state index is 0.229. The second kappa shape index (κ2) is 4.65. The molecule has 0 saturated heterocycles. The smallest absolute Gasteiger partial charge is 0.335 e. The first-order valence-electron chi connectivity index (χ1n) is 5.51.